The molecular weight excluding hydrogens is 222 g/mol. The summed E-state index contributed by atoms with van der Waals surface area (Å²) in [6, 6.07) is 5.91. The second kappa shape index (κ2) is 5.81. The molecule has 1 N–H and O–H groups in total. The summed E-state index contributed by atoms with van der Waals surface area (Å²) >= 11 is 0. The molecule has 1 aliphatic heterocycles. The van der Waals surface area contributed by atoms with Crippen LogP contribution in [0.3, 0.4) is 0 Å². The molecule has 0 aliphatic carbocycles. The number of pyridine rings is 1. The van der Waals surface area contributed by atoms with Gasteiger partial charge in [0.1, 0.15) is 0 Å². The van der Waals surface area contributed by atoms with Crippen LogP contribution in [0.5, 0.6) is 0 Å². The standard InChI is InChI=1S/C15H25N3/c1-11-12(2)18(9-7-15(11)16-4)13(3)14-6-5-8-17-10-14/h5-6,8,10-13,15-16H,7,9H2,1-4H3. The van der Waals surface area contributed by atoms with Crippen LogP contribution in [0.4, 0.5) is 0 Å². The van der Waals surface area contributed by atoms with Gasteiger partial charge in [0.25, 0.3) is 0 Å². The van der Waals surface area contributed by atoms with Crippen molar-refractivity contribution < 1.29 is 0 Å². The van der Waals surface area contributed by atoms with Crippen LogP contribution in [0, 0.1) is 5.92 Å². The highest BCUT2D eigenvalue weighted by molar-refractivity contribution is 5.14. The quantitative estimate of drug-likeness (QED) is 0.889. The Bertz CT molecular complexity index is 365. The van der Waals surface area contributed by atoms with E-state index in [0.29, 0.717) is 24.0 Å². The lowest BCUT2D eigenvalue weighted by molar-refractivity contribution is 0.0544. The largest absolute Gasteiger partial charge is 0.317 e. The minimum absolute atomic E-state index is 0.453. The van der Waals surface area contributed by atoms with Gasteiger partial charge in [-0.3, -0.25) is 9.88 Å². The van der Waals surface area contributed by atoms with E-state index in [0.717, 1.165) is 6.54 Å². The van der Waals surface area contributed by atoms with Crippen LogP contribution in [0.15, 0.2) is 24.5 Å². The Kier molecular flexibility index (Phi) is 4.36. The van der Waals surface area contributed by atoms with Gasteiger partial charge in [-0.2, -0.15) is 0 Å². The zero-order valence-electron chi connectivity index (χ0n) is 11.9. The van der Waals surface area contributed by atoms with Crippen molar-refractivity contribution in [1.29, 1.82) is 0 Å². The second-order valence-corrected chi connectivity index (χ2v) is 5.48. The van der Waals surface area contributed by atoms with E-state index in [1.165, 1.54) is 12.0 Å². The SMILES string of the molecule is CNC1CCN(C(C)c2cccnc2)C(C)C1C. The van der Waals surface area contributed by atoms with E-state index in [9.17, 15) is 0 Å². The molecule has 1 saturated heterocycles. The number of likely N-dealkylation sites (tertiary alicyclic amines) is 1. The highest BCUT2D eigenvalue weighted by Crippen LogP contribution is 2.31. The van der Waals surface area contributed by atoms with Crippen LogP contribution in [0.25, 0.3) is 0 Å². The monoisotopic (exact) mass is 247 g/mol. The third-order valence-corrected chi connectivity index (χ3v) is 4.65. The van der Waals surface area contributed by atoms with Gasteiger partial charge in [0.05, 0.1) is 0 Å². The molecule has 0 aromatic carbocycles. The Morgan fingerprint density at radius 2 is 2.22 bits per heavy atom. The van der Waals surface area contributed by atoms with Crippen molar-refractivity contribution in [2.24, 2.45) is 5.92 Å². The van der Waals surface area contributed by atoms with E-state index in [2.05, 4.69) is 49.1 Å². The van der Waals surface area contributed by atoms with Gasteiger partial charge in [-0.15, -0.1) is 0 Å². The molecule has 0 spiro atoms. The maximum Gasteiger partial charge on any atom is 0.0338 e. The topological polar surface area (TPSA) is 28.2 Å². The predicted molar refractivity (Wildman–Crippen MR) is 75.4 cm³/mol. The van der Waals surface area contributed by atoms with E-state index in [4.69, 9.17) is 0 Å². The highest BCUT2D eigenvalue weighted by atomic mass is 15.2. The summed E-state index contributed by atoms with van der Waals surface area (Å²) in [7, 11) is 2.08. The van der Waals surface area contributed by atoms with Crippen molar-refractivity contribution >= 4 is 0 Å². The van der Waals surface area contributed by atoms with Crippen LogP contribution in [0.1, 0.15) is 38.8 Å². The summed E-state index contributed by atoms with van der Waals surface area (Å²) in [6.45, 7) is 8.15. The molecule has 1 aromatic heterocycles. The summed E-state index contributed by atoms with van der Waals surface area (Å²) in [5, 5.41) is 3.44. The fraction of sp³-hybridized carbons (Fsp3) is 0.667. The number of hydrogen-bond acceptors (Lipinski definition) is 3. The maximum absolute atomic E-state index is 4.24. The zero-order chi connectivity index (χ0) is 13.1. The lowest BCUT2D eigenvalue weighted by atomic mass is 9.85. The van der Waals surface area contributed by atoms with Gasteiger partial charge in [-0.05, 0) is 44.9 Å². The van der Waals surface area contributed by atoms with E-state index in [-0.39, 0.29) is 0 Å². The molecule has 4 unspecified atom stereocenters. The number of piperidine rings is 1. The molecule has 1 aliphatic rings. The molecule has 2 heterocycles. The van der Waals surface area contributed by atoms with E-state index in [1.54, 1.807) is 0 Å². The normalized spacial score (nSPS) is 31.2. The first-order valence-corrected chi connectivity index (χ1v) is 6.98. The third-order valence-electron chi connectivity index (χ3n) is 4.65. The van der Waals surface area contributed by atoms with Crippen LogP contribution >= 0.6 is 0 Å². The van der Waals surface area contributed by atoms with Crippen LogP contribution in [0.2, 0.25) is 0 Å². The Hall–Kier alpha value is -0.930. The molecule has 3 heteroatoms. The first kappa shape index (κ1) is 13.5. The Morgan fingerprint density at radius 1 is 1.44 bits per heavy atom. The number of nitrogens with one attached hydrogen (secondary N) is 1. The van der Waals surface area contributed by atoms with Gasteiger partial charge in [-0.1, -0.05) is 13.0 Å². The van der Waals surface area contributed by atoms with Gasteiger partial charge in [0.15, 0.2) is 0 Å². The lowest BCUT2D eigenvalue weighted by Gasteiger charge is -2.45. The van der Waals surface area contributed by atoms with Crippen molar-refractivity contribution in [1.82, 2.24) is 15.2 Å². The smallest absolute Gasteiger partial charge is 0.0338 e. The average molecular weight is 247 g/mol. The summed E-state index contributed by atoms with van der Waals surface area (Å²) in [5.41, 5.74) is 1.32. The van der Waals surface area contributed by atoms with E-state index >= 15 is 0 Å². The Balaban J connectivity index is 2.10. The van der Waals surface area contributed by atoms with Crippen molar-refractivity contribution in [2.45, 2.75) is 45.3 Å². The minimum atomic E-state index is 0.453. The highest BCUT2D eigenvalue weighted by Gasteiger charge is 2.34. The van der Waals surface area contributed by atoms with Crippen molar-refractivity contribution in [3.63, 3.8) is 0 Å². The zero-order valence-corrected chi connectivity index (χ0v) is 11.9. The van der Waals surface area contributed by atoms with Crippen LogP contribution < -0.4 is 5.32 Å². The first-order chi connectivity index (χ1) is 8.65. The third kappa shape index (κ3) is 2.57. The minimum Gasteiger partial charge on any atom is -0.317 e. The Morgan fingerprint density at radius 3 is 2.83 bits per heavy atom. The summed E-state index contributed by atoms with van der Waals surface area (Å²) in [4.78, 5) is 6.84. The molecule has 0 saturated carbocycles. The Labute approximate surface area is 111 Å². The number of rotatable bonds is 3. The molecule has 4 atom stereocenters. The van der Waals surface area contributed by atoms with Crippen molar-refractivity contribution in [3.8, 4) is 0 Å². The number of hydrogen-bond donors (Lipinski definition) is 1. The molecular formula is C15H25N3. The van der Waals surface area contributed by atoms with Gasteiger partial charge >= 0.3 is 0 Å². The number of aromatic nitrogens is 1. The van der Waals surface area contributed by atoms with E-state index < -0.39 is 0 Å². The summed E-state index contributed by atoms with van der Waals surface area (Å²) in [5.74, 6) is 0.683. The maximum atomic E-state index is 4.24. The van der Waals surface area contributed by atoms with Crippen molar-refractivity contribution in [3.05, 3.63) is 30.1 Å². The molecule has 0 radical (unpaired) electrons. The van der Waals surface area contributed by atoms with Gasteiger partial charge in [0.2, 0.25) is 0 Å². The van der Waals surface area contributed by atoms with Crippen LogP contribution in [-0.2, 0) is 0 Å². The molecule has 1 fully saturated rings. The van der Waals surface area contributed by atoms with Gasteiger partial charge in [0, 0.05) is 37.1 Å². The molecule has 0 amide bonds. The van der Waals surface area contributed by atoms with Crippen LogP contribution in [-0.4, -0.2) is 35.6 Å². The molecule has 3 nitrogen and oxygen atoms in total. The predicted octanol–water partition coefficient (Wildman–Crippen LogP) is 2.46. The average Bonchev–Trinajstić information content (AvgIpc) is 2.42. The van der Waals surface area contributed by atoms with Gasteiger partial charge in [-0.25, -0.2) is 0 Å². The molecule has 0 bridgehead atoms. The summed E-state index contributed by atoms with van der Waals surface area (Å²) in [6.07, 6.45) is 5.06. The molecule has 2 rings (SSSR count). The molecule has 1 aromatic rings. The fourth-order valence-corrected chi connectivity index (χ4v) is 3.16. The van der Waals surface area contributed by atoms with Crippen molar-refractivity contribution in [2.75, 3.05) is 13.6 Å². The molecule has 18 heavy (non-hydrogen) atoms. The second-order valence-electron chi connectivity index (χ2n) is 5.48. The lowest BCUT2D eigenvalue weighted by Crippen LogP contribution is -2.53. The van der Waals surface area contributed by atoms with E-state index in [1.807, 2.05) is 18.5 Å². The first-order valence-electron chi connectivity index (χ1n) is 6.98. The summed E-state index contributed by atoms with van der Waals surface area (Å²) < 4.78 is 0. The fourth-order valence-electron chi connectivity index (χ4n) is 3.16. The number of nitrogens with zero attached hydrogens (tertiary/aromatic N) is 2. The van der Waals surface area contributed by atoms with Gasteiger partial charge < -0.3 is 5.32 Å². The molecule has 100 valence electrons.